The maximum absolute atomic E-state index is 5.95. The number of rotatable bonds is 7. The van der Waals surface area contributed by atoms with Gasteiger partial charge in [0, 0.05) is 51.2 Å². The molecule has 2 heterocycles. The predicted molar refractivity (Wildman–Crippen MR) is 82.8 cm³/mol. The van der Waals surface area contributed by atoms with Crippen molar-refractivity contribution in [2.75, 3.05) is 37.6 Å². The van der Waals surface area contributed by atoms with Crippen LogP contribution < -0.4 is 10.6 Å². The second kappa shape index (κ2) is 8.17. The second-order valence-electron chi connectivity index (χ2n) is 5.46. The van der Waals surface area contributed by atoms with Gasteiger partial charge in [0.2, 0.25) is 5.95 Å². The highest BCUT2D eigenvalue weighted by molar-refractivity contribution is 5.29. The van der Waals surface area contributed by atoms with Crippen molar-refractivity contribution in [1.29, 1.82) is 0 Å². The molecule has 0 saturated carbocycles. The molecule has 0 amide bonds. The number of anilines is 1. The number of hydrogen-bond acceptors (Lipinski definition) is 5. The first kappa shape index (κ1) is 15.2. The molecule has 1 aromatic heterocycles. The van der Waals surface area contributed by atoms with Crippen molar-refractivity contribution >= 4 is 5.95 Å². The molecule has 5 heteroatoms. The van der Waals surface area contributed by atoms with Crippen LogP contribution in [0.1, 0.15) is 32.6 Å². The molecule has 1 aliphatic rings. The summed E-state index contributed by atoms with van der Waals surface area (Å²) in [5.41, 5.74) is 5.95. The van der Waals surface area contributed by atoms with E-state index >= 15 is 0 Å². The summed E-state index contributed by atoms with van der Waals surface area (Å²) in [5, 5.41) is 0. The maximum Gasteiger partial charge on any atom is 0.225 e. The third-order valence-corrected chi connectivity index (χ3v) is 4.08. The molecule has 112 valence electrons. The predicted octanol–water partition coefficient (Wildman–Crippen LogP) is 1.51. The lowest BCUT2D eigenvalue weighted by Crippen LogP contribution is -2.52. The Morgan fingerprint density at radius 3 is 2.45 bits per heavy atom. The lowest BCUT2D eigenvalue weighted by molar-refractivity contribution is 0.177. The highest BCUT2D eigenvalue weighted by atomic mass is 15.3. The molecule has 5 nitrogen and oxygen atoms in total. The number of unbranched alkanes of at least 4 members (excludes halogenated alkanes) is 2. The van der Waals surface area contributed by atoms with E-state index in [4.69, 9.17) is 5.73 Å². The minimum Gasteiger partial charge on any atom is -0.338 e. The normalized spacial score (nSPS) is 18.2. The van der Waals surface area contributed by atoms with Gasteiger partial charge in [0.05, 0.1) is 0 Å². The molecule has 2 rings (SSSR count). The summed E-state index contributed by atoms with van der Waals surface area (Å²) in [6.07, 6.45) is 8.72. The molecule has 0 aromatic carbocycles. The fraction of sp³-hybridized carbons (Fsp3) is 0.733. The summed E-state index contributed by atoms with van der Waals surface area (Å²) < 4.78 is 0. The van der Waals surface area contributed by atoms with Gasteiger partial charge in [-0.05, 0) is 12.5 Å². The monoisotopic (exact) mass is 277 g/mol. The van der Waals surface area contributed by atoms with E-state index in [1.165, 1.54) is 25.7 Å². The Kier molecular flexibility index (Phi) is 6.21. The van der Waals surface area contributed by atoms with Gasteiger partial charge >= 0.3 is 0 Å². The van der Waals surface area contributed by atoms with Gasteiger partial charge in [0.25, 0.3) is 0 Å². The summed E-state index contributed by atoms with van der Waals surface area (Å²) >= 11 is 0. The van der Waals surface area contributed by atoms with Crippen LogP contribution in [0.4, 0.5) is 5.95 Å². The summed E-state index contributed by atoms with van der Waals surface area (Å²) in [7, 11) is 0. The first-order valence-electron chi connectivity index (χ1n) is 7.81. The summed E-state index contributed by atoms with van der Waals surface area (Å²) in [6, 6.07) is 2.40. The van der Waals surface area contributed by atoms with Gasteiger partial charge in [-0.25, -0.2) is 9.97 Å². The summed E-state index contributed by atoms with van der Waals surface area (Å²) in [4.78, 5) is 13.4. The third-order valence-electron chi connectivity index (χ3n) is 4.08. The van der Waals surface area contributed by atoms with Gasteiger partial charge in [-0.2, -0.15) is 0 Å². The number of piperazine rings is 1. The highest BCUT2D eigenvalue weighted by Crippen LogP contribution is 2.15. The molecule has 1 fully saturated rings. The number of nitrogens with zero attached hydrogens (tertiary/aromatic N) is 4. The van der Waals surface area contributed by atoms with Gasteiger partial charge in [-0.1, -0.05) is 26.2 Å². The fourth-order valence-electron chi connectivity index (χ4n) is 2.82. The van der Waals surface area contributed by atoms with E-state index in [0.29, 0.717) is 6.04 Å². The van der Waals surface area contributed by atoms with Crippen LogP contribution in [-0.2, 0) is 0 Å². The molecule has 20 heavy (non-hydrogen) atoms. The molecule has 2 N–H and O–H groups in total. The van der Waals surface area contributed by atoms with Crippen molar-refractivity contribution in [2.24, 2.45) is 5.73 Å². The van der Waals surface area contributed by atoms with E-state index in [1.54, 1.807) is 0 Å². The molecule has 0 spiro atoms. The minimum atomic E-state index is 0.542. The smallest absolute Gasteiger partial charge is 0.225 e. The van der Waals surface area contributed by atoms with Crippen LogP contribution in [0.25, 0.3) is 0 Å². The van der Waals surface area contributed by atoms with E-state index in [1.807, 2.05) is 18.5 Å². The number of aromatic nitrogens is 2. The first-order valence-corrected chi connectivity index (χ1v) is 7.81. The van der Waals surface area contributed by atoms with E-state index in [-0.39, 0.29) is 0 Å². The average molecular weight is 277 g/mol. The van der Waals surface area contributed by atoms with E-state index in [0.717, 1.165) is 38.7 Å². The zero-order chi connectivity index (χ0) is 14.2. The molecule has 1 saturated heterocycles. The van der Waals surface area contributed by atoms with Gasteiger partial charge in [-0.15, -0.1) is 0 Å². The van der Waals surface area contributed by atoms with Crippen LogP contribution in [0.2, 0.25) is 0 Å². The molecule has 0 radical (unpaired) electrons. The summed E-state index contributed by atoms with van der Waals surface area (Å²) in [6.45, 7) is 7.13. The lowest BCUT2D eigenvalue weighted by Gasteiger charge is -2.39. The molecular weight excluding hydrogens is 250 g/mol. The van der Waals surface area contributed by atoms with E-state index < -0.39 is 0 Å². The average Bonchev–Trinajstić information content (AvgIpc) is 2.53. The Morgan fingerprint density at radius 1 is 1.15 bits per heavy atom. The Balaban J connectivity index is 1.80. The molecule has 0 bridgehead atoms. The van der Waals surface area contributed by atoms with Crippen LogP contribution in [-0.4, -0.2) is 53.6 Å². The maximum atomic E-state index is 5.95. The van der Waals surface area contributed by atoms with Crippen LogP contribution in [0, 0.1) is 0 Å². The van der Waals surface area contributed by atoms with Crippen LogP contribution >= 0.6 is 0 Å². The molecule has 1 atom stereocenters. The molecule has 1 aliphatic heterocycles. The van der Waals surface area contributed by atoms with Crippen molar-refractivity contribution in [3.05, 3.63) is 18.5 Å². The van der Waals surface area contributed by atoms with Crippen molar-refractivity contribution < 1.29 is 0 Å². The Hall–Kier alpha value is -1.20. The van der Waals surface area contributed by atoms with Crippen LogP contribution in [0.3, 0.4) is 0 Å². The van der Waals surface area contributed by atoms with Gasteiger partial charge in [-0.3, -0.25) is 4.90 Å². The zero-order valence-corrected chi connectivity index (χ0v) is 12.5. The van der Waals surface area contributed by atoms with E-state index in [9.17, 15) is 0 Å². The van der Waals surface area contributed by atoms with Crippen molar-refractivity contribution in [1.82, 2.24) is 14.9 Å². The first-order chi connectivity index (χ1) is 9.85. The van der Waals surface area contributed by atoms with E-state index in [2.05, 4.69) is 26.7 Å². The van der Waals surface area contributed by atoms with Crippen LogP contribution in [0.15, 0.2) is 18.5 Å². The topological polar surface area (TPSA) is 58.3 Å². The minimum absolute atomic E-state index is 0.542. The lowest BCUT2D eigenvalue weighted by atomic mass is 10.1. The second-order valence-corrected chi connectivity index (χ2v) is 5.46. The standard InChI is InChI=1S/C15H27N5/c1-2-3-4-6-14(13-16)19-9-11-20(12-10-19)15-17-7-5-8-18-15/h5,7-8,14H,2-4,6,9-13,16H2,1H3. The van der Waals surface area contributed by atoms with Gasteiger partial charge in [0.15, 0.2) is 0 Å². The number of nitrogens with two attached hydrogens (primary N) is 1. The largest absolute Gasteiger partial charge is 0.338 e. The van der Waals surface area contributed by atoms with Gasteiger partial charge < -0.3 is 10.6 Å². The summed E-state index contributed by atoms with van der Waals surface area (Å²) in [5.74, 6) is 0.849. The molecule has 0 aliphatic carbocycles. The molecule has 1 unspecified atom stereocenters. The van der Waals surface area contributed by atoms with Crippen molar-refractivity contribution in [2.45, 2.75) is 38.6 Å². The van der Waals surface area contributed by atoms with Crippen molar-refractivity contribution in [3.63, 3.8) is 0 Å². The molecule has 1 aromatic rings. The molecular formula is C15H27N5. The van der Waals surface area contributed by atoms with Gasteiger partial charge in [0.1, 0.15) is 0 Å². The SMILES string of the molecule is CCCCCC(CN)N1CCN(c2ncccn2)CC1. The highest BCUT2D eigenvalue weighted by Gasteiger charge is 2.23. The quantitative estimate of drug-likeness (QED) is 0.766. The fourth-order valence-corrected chi connectivity index (χ4v) is 2.82. The Bertz CT molecular complexity index is 362. The Labute approximate surface area is 122 Å². The third kappa shape index (κ3) is 4.15. The zero-order valence-electron chi connectivity index (χ0n) is 12.5. The van der Waals surface area contributed by atoms with Crippen LogP contribution in [0.5, 0.6) is 0 Å². The number of hydrogen-bond donors (Lipinski definition) is 1. The Morgan fingerprint density at radius 2 is 1.85 bits per heavy atom. The van der Waals surface area contributed by atoms with Crippen molar-refractivity contribution in [3.8, 4) is 0 Å².